The van der Waals surface area contributed by atoms with Gasteiger partial charge in [-0.15, -0.1) is 0 Å². The average Bonchev–Trinajstić information content (AvgIpc) is 3.59. The van der Waals surface area contributed by atoms with Gasteiger partial charge >= 0.3 is 6.09 Å². The molecule has 1 aromatic heterocycles. The molecule has 294 valence electrons. The molecule has 2 aliphatic carbocycles. The number of amides is 4. The lowest BCUT2D eigenvalue weighted by Gasteiger charge is -2.43. The van der Waals surface area contributed by atoms with E-state index in [2.05, 4.69) is 21.9 Å². The molecule has 15 heteroatoms. The van der Waals surface area contributed by atoms with Gasteiger partial charge in [-0.3, -0.25) is 24.0 Å². The smallest absolute Gasteiger partial charge is 0.408 e. The highest BCUT2D eigenvalue weighted by molar-refractivity contribution is 7.90. The van der Waals surface area contributed by atoms with Crippen molar-refractivity contribution in [2.75, 3.05) is 13.7 Å². The molecular weight excluding hydrogens is 715 g/mol. The minimum absolute atomic E-state index is 0.0122. The van der Waals surface area contributed by atoms with E-state index >= 15 is 4.79 Å². The number of methoxy groups -OCH3 is 1. The summed E-state index contributed by atoms with van der Waals surface area (Å²) in [5.41, 5.74) is -2.51. The molecule has 2 saturated carbocycles. The second kappa shape index (κ2) is 15.0. The third-order valence-corrected chi connectivity index (χ3v) is 13.3. The summed E-state index contributed by atoms with van der Waals surface area (Å²) in [6.45, 7) is 9.08. The van der Waals surface area contributed by atoms with Crippen molar-refractivity contribution in [2.24, 2.45) is 17.8 Å². The Hall–Kier alpha value is -4.40. The number of rotatable bonds is 7. The highest BCUT2D eigenvalue weighted by atomic mass is 32.2. The van der Waals surface area contributed by atoms with Crippen molar-refractivity contribution in [3.8, 4) is 11.6 Å². The van der Waals surface area contributed by atoms with Crippen LogP contribution in [0.15, 0.2) is 42.6 Å². The number of benzene rings is 1. The number of pyridine rings is 1. The van der Waals surface area contributed by atoms with Crippen LogP contribution in [-0.2, 0) is 24.4 Å². The average molecular weight is 768 g/mol. The van der Waals surface area contributed by atoms with E-state index < -0.39 is 80.2 Å². The lowest BCUT2D eigenvalue weighted by Crippen LogP contribution is -2.62. The summed E-state index contributed by atoms with van der Waals surface area (Å²) < 4.78 is 40.4. The third kappa shape index (κ3) is 7.74. The molecule has 0 radical (unpaired) electrons. The van der Waals surface area contributed by atoms with Gasteiger partial charge in [0, 0.05) is 28.7 Å². The molecule has 4 amide bonds. The summed E-state index contributed by atoms with van der Waals surface area (Å²) in [7, 11) is -2.40. The van der Waals surface area contributed by atoms with Gasteiger partial charge in [-0.1, -0.05) is 50.6 Å². The van der Waals surface area contributed by atoms with Crippen molar-refractivity contribution >= 4 is 44.6 Å². The Kier molecular flexibility index (Phi) is 10.9. The minimum Gasteiger partial charge on any atom is -0.494 e. The van der Waals surface area contributed by atoms with Gasteiger partial charge in [0.1, 0.15) is 29.5 Å². The van der Waals surface area contributed by atoms with E-state index in [1.807, 2.05) is 43.3 Å². The van der Waals surface area contributed by atoms with E-state index in [4.69, 9.17) is 9.47 Å². The standard InChI is InChI=1S/C39H53N5O9S/c1-23-12-7-8-13-25-20-39(25,36(47)42-54(50,51)27-14-11-15-27)41-33(45)30-19-26(53-34-29-17-10-9-16-28(29)31(52-6)21-40-34)22-43(30)35(46)32(24(2)18-23)44(37(48)49)38(3,4)5/h8-10,13,16-17,21,23-27,30,32H,7,11-12,14-15,18-20,22H2,1-6H3,(H,41,45)(H,42,47)(H,48,49)/b13-8-/t23-,24-,25-,26-,30+,32+,39-/m1/s1. The molecule has 3 fully saturated rings. The van der Waals surface area contributed by atoms with Gasteiger partial charge in [0.2, 0.25) is 27.7 Å². The summed E-state index contributed by atoms with van der Waals surface area (Å²) in [4.78, 5) is 63.5. The number of nitrogens with one attached hydrogen (secondary N) is 2. The van der Waals surface area contributed by atoms with Crippen LogP contribution in [0.3, 0.4) is 0 Å². The molecule has 0 spiro atoms. The van der Waals surface area contributed by atoms with Gasteiger partial charge in [-0.2, -0.15) is 0 Å². The fourth-order valence-corrected chi connectivity index (χ4v) is 9.89. The quantitative estimate of drug-likeness (QED) is 0.336. The Balaban J connectivity index is 1.39. The second-order valence-corrected chi connectivity index (χ2v) is 18.5. The molecule has 0 unspecified atom stereocenters. The van der Waals surface area contributed by atoms with E-state index in [0.29, 0.717) is 36.8 Å². The van der Waals surface area contributed by atoms with Gasteiger partial charge in [-0.05, 0) is 77.2 Å². The van der Waals surface area contributed by atoms with E-state index in [-0.39, 0.29) is 31.2 Å². The van der Waals surface area contributed by atoms with Crippen molar-refractivity contribution in [3.63, 3.8) is 0 Å². The maximum atomic E-state index is 15.0. The number of hydrogen-bond acceptors (Lipinski definition) is 9. The van der Waals surface area contributed by atoms with Gasteiger partial charge < -0.3 is 24.8 Å². The zero-order chi connectivity index (χ0) is 39.2. The Labute approximate surface area is 317 Å². The number of carboxylic acid groups (broad SMARTS) is 1. The molecule has 2 aromatic rings. The van der Waals surface area contributed by atoms with Crippen molar-refractivity contribution < 1.29 is 42.2 Å². The summed E-state index contributed by atoms with van der Waals surface area (Å²) in [6, 6.07) is 5.09. The predicted octanol–water partition coefficient (Wildman–Crippen LogP) is 4.62. The number of sulfonamides is 1. The van der Waals surface area contributed by atoms with Gasteiger partial charge in [0.05, 0.1) is 25.1 Å². The van der Waals surface area contributed by atoms with Crippen LogP contribution in [-0.4, -0.2) is 100 Å². The zero-order valence-corrected chi connectivity index (χ0v) is 32.7. The predicted molar refractivity (Wildman–Crippen MR) is 201 cm³/mol. The molecule has 7 atom stereocenters. The lowest BCUT2D eigenvalue weighted by molar-refractivity contribution is -0.146. The van der Waals surface area contributed by atoms with Crippen molar-refractivity contribution in [3.05, 3.63) is 42.6 Å². The maximum Gasteiger partial charge on any atom is 0.408 e. The van der Waals surface area contributed by atoms with Crippen LogP contribution in [0.2, 0.25) is 0 Å². The topological polar surface area (TPSA) is 185 Å². The van der Waals surface area contributed by atoms with Crippen LogP contribution in [0.4, 0.5) is 4.79 Å². The van der Waals surface area contributed by atoms with Crippen molar-refractivity contribution in [1.82, 2.24) is 24.8 Å². The fraction of sp³-hybridized carbons (Fsp3) is 0.615. The third-order valence-electron chi connectivity index (χ3n) is 11.5. The zero-order valence-electron chi connectivity index (χ0n) is 31.9. The Bertz CT molecular complexity index is 1930. The Morgan fingerprint density at radius 3 is 2.43 bits per heavy atom. The molecule has 3 N–H and O–H groups in total. The van der Waals surface area contributed by atoms with E-state index in [1.165, 1.54) is 16.0 Å². The summed E-state index contributed by atoms with van der Waals surface area (Å²) in [5.74, 6) is -1.94. The van der Waals surface area contributed by atoms with Crippen LogP contribution in [0.1, 0.15) is 86.0 Å². The normalized spacial score (nSPS) is 30.1. The van der Waals surface area contributed by atoms with E-state index in [0.717, 1.165) is 18.2 Å². The number of carbonyl (C=O) groups is 4. The largest absolute Gasteiger partial charge is 0.494 e. The second-order valence-electron chi connectivity index (χ2n) is 16.6. The first-order valence-electron chi connectivity index (χ1n) is 18.9. The first-order chi connectivity index (χ1) is 25.5. The Morgan fingerprint density at radius 2 is 1.80 bits per heavy atom. The monoisotopic (exact) mass is 767 g/mol. The lowest BCUT2D eigenvalue weighted by atomic mass is 9.85. The van der Waals surface area contributed by atoms with Crippen LogP contribution in [0, 0.1) is 17.8 Å². The van der Waals surface area contributed by atoms with Gasteiger partial charge in [0.25, 0.3) is 5.91 Å². The Morgan fingerprint density at radius 1 is 1.09 bits per heavy atom. The van der Waals surface area contributed by atoms with Gasteiger partial charge in [-0.25, -0.2) is 18.2 Å². The SMILES string of the molecule is COc1cnc(O[C@@H]2C[C@H]3C(=O)N[C@]4(C(=O)NS(=O)(=O)C5CCC5)C[C@H]4/C=C\CC[C@@H](C)C[C@@H](C)[C@H](N(C(=O)O)C(C)(C)C)C(=O)N3C2)c2ccccc12. The number of nitrogens with zero attached hydrogens (tertiary/aromatic N) is 3. The van der Waals surface area contributed by atoms with Crippen LogP contribution in [0.5, 0.6) is 11.6 Å². The molecule has 2 aliphatic heterocycles. The van der Waals surface area contributed by atoms with Crippen LogP contribution >= 0.6 is 0 Å². The highest BCUT2D eigenvalue weighted by Gasteiger charge is 2.62. The van der Waals surface area contributed by atoms with Crippen LogP contribution in [0.25, 0.3) is 10.8 Å². The van der Waals surface area contributed by atoms with Crippen LogP contribution < -0.4 is 19.5 Å². The maximum absolute atomic E-state index is 15.0. The summed E-state index contributed by atoms with van der Waals surface area (Å²) >= 11 is 0. The molecule has 3 heterocycles. The molecule has 54 heavy (non-hydrogen) atoms. The number of ether oxygens (including phenoxy) is 2. The van der Waals surface area contributed by atoms with Gasteiger partial charge in [0.15, 0.2) is 0 Å². The molecule has 1 saturated heterocycles. The molecular formula is C39H53N5O9S. The first-order valence-corrected chi connectivity index (χ1v) is 20.5. The number of aromatic nitrogens is 1. The summed E-state index contributed by atoms with van der Waals surface area (Å²) in [6.07, 6.45) is 7.18. The molecule has 6 rings (SSSR count). The van der Waals surface area contributed by atoms with Crippen molar-refractivity contribution in [1.29, 1.82) is 0 Å². The first kappa shape index (κ1) is 39.3. The number of hydrogen-bond donors (Lipinski definition) is 3. The number of allylic oxidation sites excluding steroid dienone is 1. The fourth-order valence-electron chi connectivity index (χ4n) is 8.32. The summed E-state index contributed by atoms with van der Waals surface area (Å²) in [5, 5.41) is 14.2. The molecule has 1 aromatic carbocycles. The van der Waals surface area contributed by atoms with E-state index in [1.54, 1.807) is 27.9 Å². The highest BCUT2D eigenvalue weighted by Crippen LogP contribution is 2.46. The number of fused-ring (bicyclic) bond motifs is 3. The number of carbonyl (C=O) groups excluding carboxylic acids is 3. The van der Waals surface area contributed by atoms with Crippen molar-refractivity contribution in [2.45, 2.75) is 121 Å². The van der Waals surface area contributed by atoms with E-state index in [9.17, 15) is 27.9 Å². The molecule has 14 nitrogen and oxygen atoms in total. The molecule has 4 aliphatic rings. The minimum atomic E-state index is -3.95. The molecule has 0 bridgehead atoms.